The molecule has 218 valence electrons. The molecule has 1 atom stereocenters. The highest BCUT2D eigenvalue weighted by Crippen LogP contribution is 2.28. The number of pyridine rings is 2. The van der Waals surface area contributed by atoms with E-state index in [1.807, 2.05) is 36.4 Å². The maximum atomic E-state index is 14.3. The molecular formula is C32H30FN7O3. The molecule has 2 fully saturated rings. The molecule has 0 spiro atoms. The van der Waals surface area contributed by atoms with Crippen LogP contribution in [0.15, 0.2) is 65.6 Å². The van der Waals surface area contributed by atoms with Crippen molar-refractivity contribution in [2.45, 2.75) is 32.2 Å². The molecule has 2 aliphatic rings. The number of hydrogen-bond donors (Lipinski definition) is 1. The lowest BCUT2D eigenvalue weighted by atomic mass is 10.1. The number of fused-ring (bicyclic) bond motifs is 3. The molecule has 0 amide bonds. The molecule has 43 heavy (non-hydrogen) atoms. The second-order valence-electron chi connectivity index (χ2n) is 10.9. The van der Waals surface area contributed by atoms with Crippen LogP contribution in [0, 0.1) is 17.1 Å². The minimum Gasteiger partial charge on any atom is -0.473 e. The van der Waals surface area contributed by atoms with E-state index in [1.54, 1.807) is 24.4 Å². The number of piperazine rings is 1. The van der Waals surface area contributed by atoms with E-state index in [0.717, 1.165) is 67.3 Å². The van der Waals surface area contributed by atoms with Crippen LogP contribution in [0.3, 0.4) is 0 Å². The summed E-state index contributed by atoms with van der Waals surface area (Å²) in [6.07, 6.45) is 2.86. The van der Waals surface area contributed by atoms with Crippen molar-refractivity contribution in [3.05, 3.63) is 93.9 Å². The van der Waals surface area contributed by atoms with Crippen LogP contribution < -0.4 is 15.2 Å². The Kier molecular flexibility index (Phi) is 7.22. The zero-order valence-electron chi connectivity index (χ0n) is 23.5. The van der Waals surface area contributed by atoms with Crippen molar-refractivity contribution in [2.24, 2.45) is 0 Å². The van der Waals surface area contributed by atoms with E-state index in [1.165, 1.54) is 6.07 Å². The van der Waals surface area contributed by atoms with E-state index in [2.05, 4.69) is 24.3 Å². The normalized spacial score (nSPS) is 17.2. The number of aromatic nitrogens is 4. The van der Waals surface area contributed by atoms with Gasteiger partial charge in [-0.15, -0.1) is 0 Å². The van der Waals surface area contributed by atoms with Gasteiger partial charge >= 0.3 is 0 Å². The number of aromatic amines is 1. The van der Waals surface area contributed by atoms with Crippen molar-refractivity contribution in [1.29, 1.82) is 5.26 Å². The monoisotopic (exact) mass is 579 g/mol. The van der Waals surface area contributed by atoms with Gasteiger partial charge in [0.2, 0.25) is 5.88 Å². The summed E-state index contributed by atoms with van der Waals surface area (Å²) >= 11 is 0. The molecule has 0 radical (unpaired) electrons. The van der Waals surface area contributed by atoms with Crippen molar-refractivity contribution in [3.63, 3.8) is 0 Å². The SMILES string of the molecule is N#Cc1ccc(COc2cccc(N3CCN(Cc4nc5ccc6c(=O)[nH]ccc6c5n4C[C@@H]4CCO4)CC3)n2)c(F)c1. The van der Waals surface area contributed by atoms with Gasteiger partial charge in [-0.2, -0.15) is 10.2 Å². The van der Waals surface area contributed by atoms with E-state index >= 15 is 0 Å². The van der Waals surface area contributed by atoms with Crippen LogP contribution in [0.25, 0.3) is 21.8 Å². The molecule has 0 bridgehead atoms. The minimum absolute atomic E-state index is 0.0261. The van der Waals surface area contributed by atoms with E-state index < -0.39 is 5.82 Å². The topological polar surface area (TPSA) is 112 Å². The first-order chi connectivity index (χ1) is 21.1. The van der Waals surface area contributed by atoms with Crippen LogP contribution in [0.1, 0.15) is 23.4 Å². The third-order valence-corrected chi connectivity index (χ3v) is 8.24. The number of anilines is 1. The Hall–Kier alpha value is -4.79. The Labute approximate surface area is 246 Å². The Morgan fingerprint density at radius 1 is 1.07 bits per heavy atom. The summed E-state index contributed by atoms with van der Waals surface area (Å²) < 4.78 is 28.1. The van der Waals surface area contributed by atoms with E-state index in [4.69, 9.17) is 19.7 Å². The van der Waals surface area contributed by atoms with Gasteiger partial charge in [-0.3, -0.25) is 9.69 Å². The molecule has 2 aromatic carbocycles. The highest BCUT2D eigenvalue weighted by molar-refractivity contribution is 6.04. The molecule has 2 saturated heterocycles. The number of halogens is 1. The summed E-state index contributed by atoms with van der Waals surface area (Å²) in [6.45, 7) is 5.42. The molecule has 0 aliphatic carbocycles. The van der Waals surface area contributed by atoms with Gasteiger partial charge in [0.1, 0.15) is 24.1 Å². The second-order valence-corrected chi connectivity index (χ2v) is 10.9. The third-order valence-electron chi connectivity index (χ3n) is 8.24. The fourth-order valence-electron chi connectivity index (χ4n) is 5.77. The zero-order valence-corrected chi connectivity index (χ0v) is 23.5. The number of nitrogens with zero attached hydrogens (tertiary/aromatic N) is 6. The number of hydrogen-bond acceptors (Lipinski definition) is 8. The number of benzene rings is 2. The van der Waals surface area contributed by atoms with Crippen LogP contribution in [-0.4, -0.2) is 63.3 Å². The summed E-state index contributed by atoms with van der Waals surface area (Å²) in [6, 6.07) is 17.6. The highest BCUT2D eigenvalue weighted by Gasteiger charge is 2.25. The number of nitriles is 1. The van der Waals surface area contributed by atoms with Gasteiger partial charge in [-0.1, -0.05) is 12.1 Å². The van der Waals surface area contributed by atoms with Gasteiger partial charge in [0.25, 0.3) is 5.56 Å². The summed E-state index contributed by atoms with van der Waals surface area (Å²) in [5.74, 6) is 1.72. The van der Waals surface area contributed by atoms with E-state index in [9.17, 15) is 9.18 Å². The lowest BCUT2D eigenvalue weighted by molar-refractivity contribution is -0.0591. The van der Waals surface area contributed by atoms with Crippen LogP contribution in [-0.2, 0) is 24.4 Å². The molecule has 10 nitrogen and oxygen atoms in total. The van der Waals surface area contributed by atoms with Crippen molar-refractivity contribution in [1.82, 2.24) is 24.4 Å². The fourth-order valence-corrected chi connectivity index (χ4v) is 5.77. The van der Waals surface area contributed by atoms with Crippen molar-refractivity contribution in [3.8, 4) is 11.9 Å². The molecule has 0 unspecified atom stereocenters. The van der Waals surface area contributed by atoms with Gasteiger partial charge < -0.3 is 23.9 Å². The number of imidazole rings is 1. The van der Waals surface area contributed by atoms with Gasteiger partial charge in [0, 0.05) is 61.4 Å². The largest absolute Gasteiger partial charge is 0.473 e. The molecule has 5 aromatic rings. The van der Waals surface area contributed by atoms with Crippen molar-refractivity contribution in [2.75, 3.05) is 37.7 Å². The molecule has 2 aliphatic heterocycles. The Morgan fingerprint density at radius 2 is 1.93 bits per heavy atom. The number of rotatable bonds is 8. The Bertz CT molecular complexity index is 1900. The molecular weight excluding hydrogens is 549 g/mol. The molecule has 5 heterocycles. The average Bonchev–Trinajstić information content (AvgIpc) is 3.36. The molecule has 11 heteroatoms. The standard InChI is InChI=1S/C32H30FN7O3/c33-26-16-21(17-34)4-5-22(26)20-43-30-3-1-2-28(37-30)39-13-11-38(12-14-39)19-29-36-27-7-6-25-24(8-10-35-32(25)41)31(27)40(29)18-23-9-15-42-23/h1-8,10,16,23H,9,11-15,18-20H2,(H,35,41)/t23-/m0/s1. The fraction of sp³-hybridized carbons (Fsp3) is 0.312. The first-order valence-corrected chi connectivity index (χ1v) is 14.4. The summed E-state index contributed by atoms with van der Waals surface area (Å²) in [7, 11) is 0. The zero-order chi connectivity index (χ0) is 29.3. The molecule has 3 aromatic heterocycles. The first-order valence-electron chi connectivity index (χ1n) is 14.4. The second kappa shape index (κ2) is 11.5. The maximum absolute atomic E-state index is 14.3. The summed E-state index contributed by atoms with van der Waals surface area (Å²) in [5, 5.41) is 10.5. The highest BCUT2D eigenvalue weighted by atomic mass is 19.1. The molecule has 1 N–H and O–H groups in total. The van der Waals surface area contributed by atoms with Gasteiger partial charge in [0.05, 0.1) is 41.9 Å². The maximum Gasteiger partial charge on any atom is 0.255 e. The van der Waals surface area contributed by atoms with Gasteiger partial charge in [-0.25, -0.2) is 9.37 Å². The third kappa shape index (κ3) is 5.43. The van der Waals surface area contributed by atoms with Crippen LogP contribution >= 0.6 is 0 Å². The first kappa shape index (κ1) is 27.1. The average molecular weight is 580 g/mol. The predicted molar refractivity (Wildman–Crippen MR) is 159 cm³/mol. The minimum atomic E-state index is -0.470. The predicted octanol–water partition coefficient (Wildman–Crippen LogP) is 3.97. The number of nitrogens with one attached hydrogen (secondary N) is 1. The van der Waals surface area contributed by atoms with E-state index in [-0.39, 0.29) is 23.8 Å². The lowest BCUT2D eigenvalue weighted by Gasteiger charge is -2.35. The summed E-state index contributed by atoms with van der Waals surface area (Å²) in [5.41, 5.74) is 2.40. The number of ether oxygens (including phenoxy) is 2. The van der Waals surface area contributed by atoms with Crippen LogP contribution in [0.5, 0.6) is 5.88 Å². The smallest absolute Gasteiger partial charge is 0.255 e. The van der Waals surface area contributed by atoms with E-state index in [0.29, 0.717) is 29.9 Å². The summed E-state index contributed by atoms with van der Waals surface area (Å²) in [4.78, 5) is 29.6. The van der Waals surface area contributed by atoms with Gasteiger partial charge in [-0.05, 0) is 42.8 Å². The van der Waals surface area contributed by atoms with Crippen LogP contribution in [0.2, 0.25) is 0 Å². The van der Waals surface area contributed by atoms with Crippen molar-refractivity contribution >= 4 is 27.6 Å². The van der Waals surface area contributed by atoms with Gasteiger partial charge in [0.15, 0.2) is 0 Å². The molecule has 0 saturated carbocycles. The Morgan fingerprint density at radius 3 is 2.70 bits per heavy atom. The van der Waals surface area contributed by atoms with Crippen molar-refractivity contribution < 1.29 is 13.9 Å². The quantitative estimate of drug-likeness (QED) is 0.294. The van der Waals surface area contributed by atoms with Crippen LogP contribution in [0.4, 0.5) is 10.2 Å². The number of H-pyrrole nitrogens is 1. The lowest BCUT2D eigenvalue weighted by Crippen LogP contribution is -2.46. The Balaban J connectivity index is 1.04. The molecule has 7 rings (SSSR count).